The summed E-state index contributed by atoms with van der Waals surface area (Å²) < 4.78 is 7.63. The van der Waals surface area contributed by atoms with Gasteiger partial charge in [0.25, 0.3) is 0 Å². The van der Waals surface area contributed by atoms with Crippen molar-refractivity contribution in [3.63, 3.8) is 0 Å². The Kier molecular flexibility index (Phi) is 4.57. The van der Waals surface area contributed by atoms with Crippen LogP contribution in [0.1, 0.15) is 52.5 Å². The molecule has 2 aliphatic carbocycles. The SMILES string of the molecule is Cc1nnc2n1-c1sc3c(c1C(c1ccccc1Cl)=NC21CC1)C[C@H](C(=O)N[C@H]1CCOC1)C3. The smallest absolute Gasteiger partial charge is 0.224 e. The Labute approximate surface area is 206 Å². The number of halogens is 1. The Morgan fingerprint density at radius 2 is 2.12 bits per heavy atom. The van der Waals surface area contributed by atoms with Crippen LogP contribution in [0.15, 0.2) is 29.3 Å². The normalized spacial score (nSPS) is 23.8. The first-order valence-electron chi connectivity index (χ1n) is 11.8. The maximum atomic E-state index is 13.1. The van der Waals surface area contributed by atoms with Crippen LogP contribution in [-0.2, 0) is 27.9 Å². The molecule has 2 aliphatic heterocycles. The number of aryl methyl sites for hydroxylation is 1. The number of nitrogens with one attached hydrogen (secondary N) is 1. The summed E-state index contributed by atoms with van der Waals surface area (Å²) in [5, 5.41) is 14.0. The van der Waals surface area contributed by atoms with Gasteiger partial charge < -0.3 is 10.1 Å². The Balaban J connectivity index is 1.36. The summed E-state index contributed by atoms with van der Waals surface area (Å²) in [5.74, 6) is 1.84. The van der Waals surface area contributed by atoms with Gasteiger partial charge in [-0.3, -0.25) is 14.4 Å². The molecule has 2 atom stereocenters. The summed E-state index contributed by atoms with van der Waals surface area (Å²) >= 11 is 8.46. The fourth-order valence-corrected chi connectivity index (χ4v) is 7.19. The van der Waals surface area contributed by atoms with E-state index in [0.717, 1.165) is 65.8 Å². The fraction of sp³-hybridized carbons (Fsp3) is 0.440. The topological polar surface area (TPSA) is 81.4 Å². The number of thiophene rings is 1. The quantitative estimate of drug-likeness (QED) is 0.602. The highest BCUT2D eigenvalue weighted by atomic mass is 35.5. The lowest BCUT2D eigenvalue weighted by molar-refractivity contribution is -0.125. The van der Waals surface area contributed by atoms with Crippen molar-refractivity contribution < 1.29 is 9.53 Å². The summed E-state index contributed by atoms with van der Waals surface area (Å²) in [6.45, 7) is 3.33. The second-order valence-electron chi connectivity index (χ2n) is 9.74. The van der Waals surface area contributed by atoms with E-state index in [1.807, 2.05) is 31.2 Å². The molecular formula is C25H24ClN5O2S. The van der Waals surface area contributed by atoms with Crippen LogP contribution in [0.4, 0.5) is 0 Å². The van der Waals surface area contributed by atoms with Crippen LogP contribution in [0.2, 0.25) is 5.02 Å². The van der Waals surface area contributed by atoms with Crippen molar-refractivity contribution in [3.05, 3.63) is 62.5 Å². The standard InChI is InChI=1S/C25H24ClN5O2S/c1-13-29-30-24-25(7-8-25)28-21(16-4-2-3-5-18(16)26)20-17-10-14(11-19(17)34-23(20)31(13)24)22(32)27-15-6-9-33-12-15/h2-5,14-15H,6-12H2,1H3,(H,27,32)/t14-,15-/m0/s1. The first kappa shape index (κ1) is 20.8. The van der Waals surface area contributed by atoms with E-state index < -0.39 is 0 Å². The van der Waals surface area contributed by atoms with Crippen LogP contribution in [0, 0.1) is 12.8 Å². The van der Waals surface area contributed by atoms with Crippen LogP contribution < -0.4 is 5.32 Å². The number of hydrogen-bond donors (Lipinski definition) is 1. The van der Waals surface area contributed by atoms with Gasteiger partial charge >= 0.3 is 0 Å². The summed E-state index contributed by atoms with van der Waals surface area (Å²) in [5.41, 5.74) is 3.83. The van der Waals surface area contributed by atoms with Gasteiger partial charge in [0, 0.05) is 33.6 Å². The van der Waals surface area contributed by atoms with Crippen molar-refractivity contribution >= 4 is 34.6 Å². The second-order valence-corrected chi connectivity index (χ2v) is 11.2. The molecule has 2 fully saturated rings. The molecule has 9 heteroatoms. The molecule has 7 nitrogen and oxygen atoms in total. The monoisotopic (exact) mass is 493 g/mol. The van der Waals surface area contributed by atoms with Gasteiger partial charge in [0.05, 0.1) is 18.4 Å². The van der Waals surface area contributed by atoms with Gasteiger partial charge in [-0.15, -0.1) is 21.5 Å². The maximum absolute atomic E-state index is 13.1. The molecule has 1 saturated carbocycles. The minimum Gasteiger partial charge on any atom is -0.379 e. The van der Waals surface area contributed by atoms with E-state index in [-0.39, 0.29) is 23.4 Å². The molecular weight excluding hydrogens is 470 g/mol. The number of aliphatic imine (C=N–C) groups is 1. The number of rotatable bonds is 3. The fourth-order valence-electron chi connectivity index (χ4n) is 5.50. The number of amides is 1. The molecule has 7 rings (SSSR count). The van der Waals surface area contributed by atoms with E-state index in [1.165, 1.54) is 10.4 Å². The van der Waals surface area contributed by atoms with E-state index in [0.29, 0.717) is 18.1 Å². The average molecular weight is 494 g/mol. The number of ether oxygens (including phenoxy) is 1. The zero-order chi connectivity index (χ0) is 23.0. The second kappa shape index (κ2) is 7.47. The van der Waals surface area contributed by atoms with Crippen LogP contribution >= 0.6 is 22.9 Å². The summed E-state index contributed by atoms with van der Waals surface area (Å²) in [6, 6.07) is 8.04. The van der Waals surface area contributed by atoms with E-state index in [2.05, 4.69) is 20.1 Å². The van der Waals surface area contributed by atoms with Crippen LogP contribution in [-0.4, -0.2) is 45.6 Å². The third kappa shape index (κ3) is 3.05. The predicted molar refractivity (Wildman–Crippen MR) is 130 cm³/mol. The van der Waals surface area contributed by atoms with Crippen molar-refractivity contribution in [1.29, 1.82) is 0 Å². The lowest BCUT2D eigenvalue weighted by Gasteiger charge is -2.16. The summed E-state index contributed by atoms with van der Waals surface area (Å²) in [4.78, 5) is 19.7. The van der Waals surface area contributed by atoms with Crippen LogP contribution in [0.25, 0.3) is 5.00 Å². The van der Waals surface area contributed by atoms with E-state index in [1.54, 1.807) is 11.3 Å². The number of carbonyl (C=O) groups excluding carboxylic acids is 1. The molecule has 1 saturated heterocycles. The van der Waals surface area contributed by atoms with E-state index >= 15 is 0 Å². The van der Waals surface area contributed by atoms with Gasteiger partial charge in [0.1, 0.15) is 16.4 Å². The van der Waals surface area contributed by atoms with Crippen molar-refractivity contribution in [3.8, 4) is 5.00 Å². The molecule has 1 amide bonds. The summed E-state index contributed by atoms with van der Waals surface area (Å²) in [6.07, 6.45) is 4.23. The molecule has 2 aromatic heterocycles. The molecule has 34 heavy (non-hydrogen) atoms. The molecule has 0 unspecified atom stereocenters. The summed E-state index contributed by atoms with van der Waals surface area (Å²) in [7, 11) is 0. The molecule has 0 bridgehead atoms. The minimum absolute atomic E-state index is 0.0701. The Morgan fingerprint density at radius 1 is 1.26 bits per heavy atom. The molecule has 1 spiro atoms. The highest BCUT2D eigenvalue weighted by Crippen LogP contribution is 2.54. The van der Waals surface area contributed by atoms with E-state index in [4.69, 9.17) is 21.3 Å². The molecule has 0 radical (unpaired) electrons. The highest BCUT2D eigenvalue weighted by Gasteiger charge is 2.52. The third-order valence-electron chi connectivity index (χ3n) is 7.46. The van der Waals surface area contributed by atoms with Gasteiger partial charge in [0.2, 0.25) is 5.91 Å². The number of fused-ring (bicyclic) bond motifs is 6. The van der Waals surface area contributed by atoms with Crippen molar-refractivity contribution in [1.82, 2.24) is 20.1 Å². The Hall–Kier alpha value is -2.55. The lowest BCUT2D eigenvalue weighted by Crippen LogP contribution is -2.39. The van der Waals surface area contributed by atoms with Crippen molar-refractivity contribution in [2.75, 3.05) is 13.2 Å². The number of benzene rings is 1. The van der Waals surface area contributed by atoms with Crippen molar-refractivity contribution in [2.24, 2.45) is 10.9 Å². The molecule has 3 aromatic rings. The van der Waals surface area contributed by atoms with Gasteiger partial charge in [-0.25, -0.2) is 0 Å². The molecule has 1 aromatic carbocycles. The average Bonchev–Trinajstić information content (AvgIpc) is 3.21. The number of nitrogens with zero attached hydrogens (tertiary/aromatic N) is 4. The van der Waals surface area contributed by atoms with Crippen LogP contribution in [0.5, 0.6) is 0 Å². The molecule has 174 valence electrons. The largest absolute Gasteiger partial charge is 0.379 e. The Bertz CT molecular complexity index is 1370. The molecule has 4 heterocycles. The van der Waals surface area contributed by atoms with Gasteiger partial charge in [0.15, 0.2) is 5.82 Å². The van der Waals surface area contributed by atoms with Crippen LogP contribution in [0.3, 0.4) is 0 Å². The van der Waals surface area contributed by atoms with Gasteiger partial charge in [-0.05, 0) is 50.7 Å². The van der Waals surface area contributed by atoms with E-state index in [9.17, 15) is 4.79 Å². The van der Waals surface area contributed by atoms with Gasteiger partial charge in [-0.1, -0.05) is 29.8 Å². The first-order chi connectivity index (χ1) is 16.5. The first-order valence-corrected chi connectivity index (χ1v) is 13.0. The molecule has 1 N–H and O–H groups in total. The Morgan fingerprint density at radius 3 is 2.88 bits per heavy atom. The number of aromatic nitrogens is 3. The van der Waals surface area contributed by atoms with Crippen molar-refractivity contribution in [2.45, 2.75) is 50.6 Å². The number of carbonyl (C=O) groups is 1. The zero-order valence-electron chi connectivity index (χ0n) is 18.8. The number of hydrogen-bond acceptors (Lipinski definition) is 6. The molecule has 4 aliphatic rings. The highest BCUT2D eigenvalue weighted by molar-refractivity contribution is 7.15. The zero-order valence-corrected chi connectivity index (χ0v) is 20.4. The van der Waals surface area contributed by atoms with Gasteiger partial charge in [-0.2, -0.15) is 0 Å². The maximum Gasteiger partial charge on any atom is 0.224 e. The minimum atomic E-state index is -0.348. The third-order valence-corrected chi connectivity index (χ3v) is 9.03. The predicted octanol–water partition coefficient (Wildman–Crippen LogP) is 3.75. The lowest BCUT2D eigenvalue weighted by atomic mass is 9.97.